The number of aromatic carboxylic acids is 1. The van der Waals surface area contributed by atoms with Crippen LogP contribution in [0.25, 0.3) is 0 Å². The van der Waals surface area contributed by atoms with E-state index in [1.807, 2.05) is 6.26 Å². The molecule has 0 atom stereocenters. The second-order valence-corrected chi connectivity index (χ2v) is 7.96. The topological polar surface area (TPSA) is 83.5 Å². The van der Waals surface area contributed by atoms with Crippen molar-refractivity contribution in [3.8, 4) is 0 Å². The van der Waals surface area contributed by atoms with E-state index in [1.54, 1.807) is 11.8 Å². The number of benzene rings is 1. The van der Waals surface area contributed by atoms with Gasteiger partial charge in [-0.1, -0.05) is 6.07 Å². The quantitative estimate of drug-likeness (QED) is 0.837. The molecule has 2 N–H and O–H groups in total. The lowest BCUT2D eigenvalue weighted by molar-refractivity contribution is 0.0696. The van der Waals surface area contributed by atoms with Gasteiger partial charge < -0.3 is 5.11 Å². The summed E-state index contributed by atoms with van der Waals surface area (Å²) < 4.78 is 27.2. The van der Waals surface area contributed by atoms with Crippen molar-refractivity contribution in [2.24, 2.45) is 0 Å². The van der Waals surface area contributed by atoms with Crippen molar-refractivity contribution < 1.29 is 18.3 Å². The number of rotatable bonds is 6. The van der Waals surface area contributed by atoms with Crippen LogP contribution < -0.4 is 4.72 Å². The van der Waals surface area contributed by atoms with Crippen molar-refractivity contribution in [3.63, 3.8) is 0 Å². The van der Waals surface area contributed by atoms with E-state index < -0.39 is 16.0 Å². The standard InChI is InChI=1S/C13H17NO4S2/c1-9-10(12(15)16)4-3-5-11(9)20(17,18)14-8-13(19-2)6-7-13/h3-5,14H,6-8H2,1-2H3,(H,15,16). The molecule has 0 aromatic heterocycles. The maximum Gasteiger partial charge on any atom is 0.335 e. The van der Waals surface area contributed by atoms with Crippen LogP contribution in [-0.4, -0.2) is 37.0 Å². The molecule has 1 aromatic rings. The van der Waals surface area contributed by atoms with Crippen LogP contribution in [0.2, 0.25) is 0 Å². The van der Waals surface area contributed by atoms with Crippen LogP contribution in [0.15, 0.2) is 23.1 Å². The number of thioether (sulfide) groups is 1. The van der Waals surface area contributed by atoms with Gasteiger partial charge in [0.25, 0.3) is 0 Å². The Morgan fingerprint density at radius 3 is 2.60 bits per heavy atom. The third kappa shape index (κ3) is 2.99. The molecule has 1 saturated carbocycles. The summed E-state index contributed by atoms with van der Waals surface area (Å²) in [4.78, 5) is 11.1. The lowest BCUT2D eigenvalue weighted by atomic mass is 10.1. The molecule has 7 heteroatoms. The zero-order valence-electron chi connectivity index (χ0n) is 11.3. The lowest BCUT2D eigenvalue weighted by Gasteiger charge is -2.15. The van der Waals surface area contributed by atoms with Crippen LogP contribution in [0.4, 0.5) is 0 Å². The van der Waals surface area contributed by atoms with Crippen LogP contribution in [0, 0.1) is 6.92 Å². The monoisotopic (exact) mass is 315 g/mol. The molecule has 0 aliphatic heterocycles. The SMILES string of the molecule is CSC1(CNS(=O)(=O)c2cccc(C(=O)O)c2C)CC1. The van der Waals surface area contributed by atoms with Crippen molar-refractivity contribution in [3.05, 3.63) is 29.3 Å². The van der Waals surface area contributed by atoms with E-state index >= 15 is 0 Å². The summed E-state index contributed by atoms with van der Waals surface area (Å²) >= 11 is 1.67. The fourth-order valence-electron chi connectivity index (χ4n) is 2.03. The third-order valence-electron chi connectivity index (χ3n) is 3.63. The summed E-state index contributed by atoms with van der Waals surface area (Å²) in [5.74, 6) is -1.12. The molecule has 0 radical (unpaired) electrons. The van der Waals surface area contributed by atoms with Gasteiger partial charge in [-0.15, -0.1) is 0 Å². The molecule has 20 heavy (non-hydrogen) atoms. The minimum atomic E-state index is -3.68. The second kappa shape index (κ2) is 5.38. The Hall–Kier alpha value is -1.05. The Labute approximate surface area is 122 Å². The average molecular weight is 315 g/mol. The molecule has 0 spiro atoms. The van der Waals surface area contributed by atoms with E-state index in [0.717, 1.165) is 12.8 Å². The third-order valence-corrected chi connectivity index (χ3v) is 6.59. The molecule has 0 heterocycles. The van der Waals surface area contributed by atoms with Gasteiger partial charge in [0.05, 0.1) is 10.5 Å². The van der Waals surface area contributed by atoms with Crippen molar-refractivity contribution in [2.45, 2.75) is 29.4 Å². The summed E-state index contributed by atoms with van der Waals surface area (Å²) in [6, 6.07) is 4.29. The molecule has 0 unspecified atom stereocenters. The van der Waals surface area contributed by atoms with Gasteiger partial charge in [0.1, 0.15) is 0 Å². The molecule has 1 aliphatic carbocycles. The highest BCUT2D eigenvalue weighted by Crippen LogP contribution is 2.46. The van der Waals surface area contributed by atoms with Gasteiger partial charge in [-0.25, -0.2) is 17.9 Å². The molecule has 1 fully saturated rings. The zero-order chi connectivity index (χ0) is 15.0. The molecule has 5 nitrogen and oxygen atoms in total. The van der Waals surface area contributed by atoms with E-state index in [4.69, 9.17) is 5.11 Å². The fraction of sp³-hybridized carbons (Fsp3) is 0.462. The Bertz CT molecular complexity index is 636. The summed E-state index contributed by atoms with van der Waals surface area (Å²) in [6.07, 6.45) is 3.98. The highest BCUT2D eigenvalue weighted by molar-refractivity contribution is 8.00. The summed E-state index contributed by atoms with van der Waals surface area (Å²) in [5, 5.41) is 9.04. The Balaban J connectivity index is 2.26. The van der Waals surface area contributed by atoms with Gasteiger partial charge in [0.15, 0.2) is 0 Å². The molecular formula is C13H17NO4S2. The number of sulfonamides is 1. The minimum absolute atomic E-state index is 0.0128. The van der Waals surface area contributed by atoms with Crippen LogP contribution >= 0.6 is 11.8 Å². The highest BCUT2D eigenvalue weighted by Gasteiger charge is 2.42. The lowest BCUT2D eigenvalue weighted by Crippen LogP contribution is -2.32. The van der Waals surface area contributed by atoms with Gasteiger partial charge in [0, 0.05) is 11.3 Å². The molecule has 110 valence electrons. The second-order valence-electron chi connectivity index (χ2n) is 4.95. The smallest absolute Gasteiger partial charge is 0.335 e. The number of hydrogen-bond acceptors (Lipinski definition) is 4. The summed E-state index contributed by atoms with van der Waals surface area (Å²) in [5.41, 5.74) is 0.278. The summed E-state index contributed by atoms with van der Waals surface area (Å²) in [7, 11) is -3.68. The maximum atomic E-state index is 12.3. The highest BCUT2D eigenvalue weighted by atomic mass is 32.2. The Morgan fingerprint density at radius 1 is 1.45 bits per heavy atom. The predicted octanol–water partition coefficient (Wildman–Crippen LogP) is 1.87. The molecule has 0 bridgehead atoms. The minimum Gasteiger partial charge on any atom is -0.478 e. The van der Waals surface area contributed by atoms with Gasteiger partial charge >= 0.3 is 5.97 Å². The van der Waals surface area contributed by atoms with E-state index in [9.17, 15) is 13.2 Å². The number of carboxylic acids is 1. The molecular weight excluding hydrogens is 298 g/mol. The Morgan fingerprint density at radius 2 is 2.10 bits per heavy atom. The van der Waals surface area contributed by atoms with Gasteiger partial charge in [-0.2, -0.15) is 11.8 Å². The molecule has 0 amide bonds. The summed E-state index contributed by atoms with van der Waals surface area (Å²) in [6.45, 7) is 1.90. The average Bonchev–Trinajstić information content (AvgIpc) is 3.17. The van der Waals surface area contributed by atoms with Crippen molar-refractivity contribution in [1.29, 1.82) is 0 Å². The Kier molecular flexibility index (Phi) is 4.13. The molecule has 1 aromatic carbocycles. The first-order chi connectivity index (χ1) is 9.31. The molecule has 2 rings (SSSR count). The number of nitrogens with one attached hydrogen (secondary N) is 1. The van der Waals surface area contributed by atoms with Gasteiger partial charge in [-0.05, 0) is 43.7 Å². The molecule has 0 saturated heterocycles. The zero-order valence-corrected chi connectivity index (χ0v) is 13.0. The number of carboxylic acid groups (broad SMARTS) is 1. The number of carbonyl (C=O) groups is 1. The maximum absolute atomic E-state index is 12.3. The van der Waals surface area contributed by atoms with E-state index in [1.165, 1.54) is 25.1 Å². The van der Waals surface area contributed by atoms with Crippen molar-refractivity contribution in [2.75, 3.05) is 12.8 Å². The van der Waals surface area contributed by atoms with Crippen molar-refractivity contribution in [1.82, 2.24) is 4.72 Å². The van der Waals surface area contributed by atoms with Crippen LogP contribution in [0.1, 0.15) is 28.8 Å². The van der Waals surface area contributed by atoms with Gasteiger partial charge in [-0.3, -0.25) is 0 Å². The van der Waals surface area contributed by atoms with E-state index in [0.29, 0.717) is 6.54 Å². The molecule has 1 aliphatic rings. The van der Waals surface area contributed by atoms with Crippen LogP contribution in [0.3, 0.4) is 0 Å². The first kappa shape index (κ1) is 15.3. The normalized spacial score (nSPS) is 16.9. The first-order valence-electron chi connectivity index (χ1n) is 6.19. The number of hydrogen-bond donors (Lipinski definition) is 2. The van der Waals surface area contributed by atoms with Gasteiger partial charge in [0.2, 0.25) is 10.0 Å². The first-order valence-corrected chi connectivity index (χ1v) is 8.90. The van der Waals surface area contributed by atoms with Crippen molar-refractivity contribution >= 4 is 27.8 Å². The van der Waals surface area contributed by atoms with E-state index in [-0.39, 0.29) is 20.8 Å². The van der Waals surface area contributed by atoms with Crippen LogP contribution in [-0.2, 0) is 10.0 Å². The largest absolute Gasteiger partial charge is 0.478 e. The van der Waals surface area contributed by atoms with Crippen LogP contribution in [0.5, 0.6) is 0 Å². The fourth-order valence-corrected chi connectivity index (χ4v) is 4.24. The van der Waals surface area contributed by atoms with E-state index in [2.05, 4.69) is 4.72 Å². The predicted molar refractivity (Wildman–Crippen MR) is 78.8 cm³/mol.